The predicted molar refractivity (Wildman–Crippen MR) is 116 cm³/mol. The van der Waals surface area contributed by atoms with Crippen molar-refractivity contribution in [3.05, 3.63) is 95.8 Å². The van der Waals surface area contributed by atoms with Crippen molar-refractivity contribution in [1.29, 1.82) is 0 Å². The molecule has 2 N–H and O–H groups in total. The SMILES string of the molecule is O=C(O)CC(c1ccccc1)n1cnc2cc(NC(=O)c3ccc(C(F)(F)F)cc3)ccc21. The van der Waals surface area contributed by atoms with Crippen LogP contribution in [0.4, 0.5) is 18.9 Å². The summed E-state index contributed by atoms with van der Waals surface area (Å²) in [5, 5.41) is 12.0. The monoisotopic (exact) mass is 453 g/mol. The molecule has 0 aliphatic heterocycles. The van der Waals surface area contributed by atoms with Crippen molar-refractivity contribution >= 4 is 28.6 Å². The van der Waals surface area contributed by atoms with Crippen LogP contribution in [0, 0.1) is 0 Å². The summed E-state index contributed by atoms with van der Waals surface area (Å²) in [5.41, 5.74) is 1.69. The third-order valence-corrected chi connectivity index (χ3v) is 5.20. The van der Waals surface area contributed by atoms with Crippen LogP contribution in [0.5, 0.6) is 0 Å². The lowest BCUT2D eigenvalue weighted by atomic mass is 10.0. The molecule has 1 aromatic heterocycles. The number of rotatable bonds is 6. The van der Waals surface area contributed by atoms with Gasteiger partial charge in [-0.25, -0.2) is 4.98 Å². The molecule has 4 rings (SSSR count). The summed E-state index contributed by atoms with van der Waals surface area (Å²) in [5.74, 6) is -1.51. The summed E-state index contributed by atoms with van der Waals surface area (Å²) in [6, 6.07) is 17.6. The molecule has 3 aromatic carbocycles. The summed E-state index contributed by atoms with van der Waals surface area (Å²) >= 11 is 0. The number of aromatic nitrogens is 2. The molecule has 0 saturated heterocycles. The first kappa shape index (κ1) is 22.1. The number of hydrogen-bond donors (Lipinski definition) is 2. The van der Waals surface area contributed by atoms with E-state index in [9.17, 15) is 27.9 Å². The van der Waals surface area contributed by atoms with Gasteiger partial charge in [-0.3, -0.25) is 9.59 Å². The maximum Gasteiger partial charge on any atom is 0.416 e. The number of amides is 1. The number of imidazole rings is 1. The second kappa shape index (κ2) is 8.78. The number of fused-ring (bicyclic) bond motifs is 1. The molecule has 0 aliphatic carbocycles. The number of anilines is 1. The van der Waals surface area contributed by atoms with Gasteiger partial charge in [0.05, 0.1) is 35.4 Å². The van der Waals surface area contributed by atoms with Crippen LogP contribution >= 0.6 is 0 Å². The van der Waals surface area contributed by atoms with Crippen LogP contribution < -0.4 is 5.32 Å². The first-order valence-electron chi connectivity index (χ1n) is 9.94. The topological polar surface area (TPSA) is 84.2 Å². The van der Waals surface area contributed by atoms with E-state index in [1.54, 1.807) is 29.1 Å². The smallest absolute Gasteiger partial charge is 0.416 e. The highest BCUT2D eigenvalue weighted by Crippen LogP contribution is 2.30. The molecule has 0 bridgehead atoms. The molecule has 1 heterocycles. The molecule has 1 unspecified atom stereocenters. The summed E-state index contributed by atoms with van der Waals surface area (Å²) in [7, 11) is 0. The van der Waals surface area contributed by atoms with E-state index in [-0.39, 0.29) is 12.0 Å². The van der Waals surface area contributed by atoms with E-state index in [1.807, 2.05) is 30.3 Å². The average molecular weight is 453 g/mol. The second-order valence-electron chi connectivity index (χ2n) is 7.41. The van der Waals surface area contributed by atoms with Crippen molar-refractivity contribution in [2.75, 3.05) is 5.32 Å². The molecule has 0 spiro atoms. The van der Waals surface area contributed by atoms with Gasteiger partial charge in [0.25, 0.3) is 5.91 Å². The standard InChI is InChI=1S/C24H18F3N3O3/c25-24(26,27)17-8-6-16(7-9-17)23(33)29-18-10-11-20-19(12-18)28-14-30(20)21(13-22(31)32)15-4-2-1-3-5-15/h1-12,14,21H,13H2,(H,29,33)(H,31,32). The number of hydrogen-bond acceptors (Lipinski definition) is 3. The summed E-state index contributed by atoms with van der Waals surface area (Å²) in [6.07, 6.45) is -3.06. The van der Waals surface area contributed by atoms with Crippen molar-refractivity contribution in [3.8, 4) is 0 Å². The highest BCUT2D eigenvalue weighted by molar-refractivity contribution is 6.05. The Bertz CT molecular complexity index is 1300. The largest absolute Gasteiger partial charge is 0.481 e. The summed E-state index contributed by atoms with van der Waals surface area (Å²) < 4.78 is 39.9. The van der Waals surface area contributed by atoms with Crippen molar-refractivity contribution in [2.45, 2.75) is 18.6 Å². The molecule has 168 valence electrons. The quantitative estimate of drug-likeness (QED) is 0.411. The molecular formula is C24H18F3N3O3. The minimum absolute atomic E-state index is 0.0826. The van der Waals surface area contributed by atoms with E-state index in [0.717, 1.165) is 29.8 Å². The van der Waals surface area contributed by atoms with E-state index < -0.39 is 29.7 Å². The zero-order valence-corrected chi connectivity index (χ0v) is 17.1. The summed E-state index contributed by atoms with van der Waals surface area (Å²) in [6.45, 7) is 0. The van der Waals surface area contributed by atoms with Gasteiger partial charge >= 0.3 is 12.1 Å². The lowest BCUT2D eigenvalue weighted by molar-refractivity contribution is -0.138. The maximum atomic E-state index is 12.7. The molecule has 1 atom stereocenters. The van der Waals surface area contributed by atoms with E-state index in [0.29, 0.717) is 16.7 Å². The molecule has 0 saturated carbocycles. The lowest BCUT2D eigenvalue weighted by Gasteiger charge is -2.18. The lowest BCUT2D eigenvalue weighted by Crippen LogP contribution is -2.14. The van der Waals surface area contributed by atoms with Gasteiger partial charge in [-0.05, 0) is 48.0 Å². The molecule has 0 aliphatic rings. The van der Waals surface area contributed by atoms with Crippen LogP contribution in [0.15, 0.2) is 79.1 Å². The number of carboxylic acid groups (broad SMARTS) is 1. The number of alkyl halides is 3. The Kier molecular flexibility index (Phi) is 5.87. The fourth-order valence-corrected chi connectivity index (χ4v) is 3.59. The van der Waals surface area contributed by atoms with Crippen molar-refractivity contribution in [1.82, 2.24) is 9.55 Å². The van der Waals surface area contributed by atoms with Gasteiger partial charge < -0.3 is 15.0 Å². The minimum atomic E-state index is -4.48. The predicted octanol–water partition coefficient (Wildman–Crippen LogP) is 5.37. The molecule has 4 aromatic rings. The van der Waals surface area contributed by atoms with Crippen LogP contribution in [0.3, 0.4) is 0 Å². The van der Waals surface area contributed by atoms with E-state index in [2.05, 4.69) is 10.3 Å². The molecule has 9 heteroatoms. The zero-order chi connectivity index (χ0) is 23.6. The van der Waals surface area contributed by atoms with Gasteiger partial charge in [0.15, 0.2) is 0 Å². The molecule has 0 radical (unpaired) electrons. The van der Waals surface area contributed by atoms with Gasteiger partial charge in [0.2, 0.25) is 0 Å². The Morgan fingerprint density at radius 3 is 2.33 bits per heavy atom. The number of halogens is 3. The van der Waals surface area contributed by atoms with E-state index >= 15 is 0 Å². The summed E-state index contributed by atoms with van der Waals surface area (Å²) in [4.78, 5) is 28.2. The third-order valence-electron chi connectivity index (χ3n) is 5.20. The second-order valence-corrected chi connectivity index (χ2v) is 7.41. The van der Waals surface area contributed by atoms with Gasteiger partial charge in [-0.15, -0.1) is 0 Å². The van der Waals surface area contributed by atoms with Gasteiger partial charge in [-0.2, -0.15) is 13.2 Å². The normalized spacial score (nSPS) is 12.5. The number of nitrogens with one attached hydrogen (secondary N) is 1. The minimum Gasteiger partial charge on any atom is -0.481 e. The number of nitrogens with zero attached hydrogens (tertiary/aromatic N) is 2. The molecule has 6 nitrogen and oxygen atoms in total. The Labute approximate surface area is 186 Å². The Morgan fingerprint density at radius 2 is 1.70 bits per heavy atom. The van der Waals surface area contributed by atoms with Crippen molar-refractivity contribution < 1.29 is 27.9 Å². The van der Waals surface area contributed by atoms with Crippen molar-refractivity contribution in [3.63, 3.8) is 0 Å². The van der Waals surface area contributed by atoms with Crippen LogP contribution in [-0.4, -0.2) is 26.5 Å². The van der Waals surface area contributed by atoms with Crippen LogP contribution in [-0.2, 0) is 11.0 Å². The Hall–Kier alpha value is -4.14. The highest BCUT2D eigenvalue weighted by Gasteiger charge is 2.30. The van der Waals surface area contributed by atoms with Crippen LogP contribution in [0.2, 0.25) is 0 Å². The Balaban J connectivity index is 1.58. The molecule has 1 amide bonds. The first-order chi connectivity index (χ1) is 15.7. The number of aliphatic carboxylic acids is 1. The average Bonchev–Trinajstić information content (AvgIpc) is 3.20. The van der Waals surface area contributed by atoms with Gasteiger partial charge in [-0.1, -0.05) is 30.3 Å². The maximum absolute atomic E-state index is 12.7. The molecule has 33 heavy (non-hydrogen) atoms. The van der Waals surface area contributed by atoms with Gasteiger partial charge in [0.1, 0.15) is 0 Å². The van der Waals surface area contributed by atoms with Crippen LogP contribution in [0.25, 0.3) is 11.0 Å². The van der Waals surface area contributed by atoms with Crippen LogP contribution in [0.1, 0.15) is 33.9 Å². The first-order valence-corrected chi connectivity index (χ1v) is 9.94. The molecule has 0 fully saturated rings. The number of carbonyl (C=O) groups excluding carboxylic acids is 1. The van der Waals surface area contributed by atoms with Gasteiger partial charge in [0, 0.05) is 11.3 Å². The Morgan fingerprint density at radius 1 is 1.00 bits per heavy atom. The van der Waals surface area contributed by atoms with E-state index in [1.165, 1.54) is 0 Å². The molecular weight excluding hydrogens is 435 g/mol. The third kappa shape index (κ3) is 4.87. The van der Waals surface area contributed by atoms with E-state index in [4.69, 9.17) is 0 Å². The van der Waals surface area contributed by atoms with Crippen molar-refractivity contribution in [2.24, 2.45) is 0 Å². The number of carboxylic acids is 1. The highest BCUT2D eigenvalue weighted by atomic mass is 19.4. The fraction of sp³-hybridized carbons (Fsp3) is 0.125. The number of benzene rings is 3. The fourth-order valence-electron chi connectivity index (χ4n) is 3.59. The number of carbonyl (C=O) groups is 2. The zero-order valence-electron chi connectivity index (χ0n) is 17.1.